The summed E-state index contributed by atoms with van der Waals surface area (Å²) in [5.41, 5.74) is 7.90. The normalized spacial score (nSPS) is 10.1. The Morgan fingerprint density at radius 1 is 1.33 bits per heavy atom. The van der Waals surface area contributed by atoms with Gasteiger partial charge in [-0.2, -0.15) is 0 Å². The molecule has 0 aliphatic carbocycles. The SMILES string of the molecule is Cc1ccc(NC(=O)c2ccc(N)cn2)c(Cl)c1. The van der Waals surface area contributed by atoms with Gasteiger partial charge in [-0.25, -0.2) is 4.98 Å². The smallest absolute Gasteiger partial charge is 0.274 e. The predicted molar refractivity (Wildman–Crippen MR) is 72.8 cm³/mol. The Balaban J connectivity index is 2.18. The molecule has 1 amide bonds. The molecule has 0 bridgehead atoms. The highest BCUT2D eigenvalue weighted by Crippen LogP contribution is 2.23. The zero-order valence-electron chi connectivity index (χ0n) is 9.77. The number of nitrogens with two attached hydrogens (primary N) is 1. The zero-order chi connectivity index (χ0) is 13.1. The number of benzene rings is 1. The molecule has 0 atom stereocenters. The lowest BCUT2D eigenvalue weighted by molar-refractivity contribution is 0.102. The number of hydrogen-bond donors (Lipinski definition) is 2. The minimum absolute atomic E-state index is 0.292. The van der Waals surface area contributed by atoms with Gasteiger partial charge in [-0.3, -0.25) is 4.79 Å². The van der Waals surface area contributed by atoms with Gasteiger partial charge in [0.2, 0.25) is 0 Å². The predicted octanol–water partition coefficient (Wildman–Crippen LogP) is 2.88. The number of rotatable bonds is 2. The standard InChI is InChI=1S/C13H12ClN3O/c1-8-2-4-11(10(14)6-8)17-13(18)12-5-3-9(15)7-16-12/h2-7H,15H2,1H3,(H,17,18). The summed E-state index contributed by atoms with van der Waals surface area (Å²) >= 11 is 6.03. The van der Waals surface area contributed by atoms with E-state index in [1.165, 1.54) is 6.20 Å². The molecular formula is C13H12ClN3O. The molecule has 1 aromatic heterocycles. The van der Waals surface area contributed by atoms with E-state index in [0.717, 1.165) is 5.56 Å². The number of nitrogen functional groups attached to an aromatic ring is 1. The number of halogens is 1. The van der Waals surface area contributed by atoms with Crippen LogP contribution < -0.4 is 11.1 Å². The van der Waals surface area contributed by atoms with Crippen molar-refractivity contribution >= 4 is 28.9 Å². The van der Waals surface area contributed by atoms with E-state index >= 15 is 0 Å². The topological polar surface area (TPSA) is 68.0 Å². The van der Waals surface area contributed by atoms with Crippen molar-refractivity contribution in [1.29, 1.82) is 0 Å². The van der Waals surface area contributed by atoms with E-state index in [4.69, 9.17) is 17.3 Å². The Kier molecular flexibility index (Phi) is 3.48. The summed E-state index contributed by atoms with van der Waals surface area (Å²) < 4.78 is 0. The second kappa shape index (κ2) is 5.06. The molecule has 0 aliphatic rings. The summed E-state index contributed by atoms with van der Waals surface area (Å²) in [6, 6.07) is 8.60. The van der Waals surface area contributed by atoms with E-state index in [2.05, 4.69) is 10.3 Å². The minimum atomic E-state index is -0.319. The van der Waals surface area contributed by atoms with Gasteiger partial charge < -0.3 is 11.1 Å². The maximum absolute atomic E-state index is 11.9. The van der Waals surface area contributed by atoms with Crippen LogP contribution in [-0.4, -0.2) is 10.9 Å². The summed E-state index contributed by atoms with van der Waals surface area (Å²) in [7, 11) is 0. The lowest BCUT2D eigenvalue weighted by Gasteiger charge is -2.07. The zero-order valence-corrected chi connectivity index (χ0v) is 10.5. The average Bonchev–Trinajstić information content (AvgIpc) is 2.33. The molecule has 92 valence electrons. The fraction of sp³-hybridized carbons (Fsp3) is 0.0769. The molecular weight excluding hydrogens is 250 g/mol. The number of anilines is 2. The molecule has 0 saturated carbocycles. The number of carbonyl (C=O) groups is 1. The fourth-order valence-corrected chi connectivity index (χ4v) is 1.73. The molecule has 0 radical (unpaired) electrons. The molecule has 1 aromatic carbocycles. The number of amides is 1. The fourth-order valence-electron chi connectivity index (χ4n) is 1.45. The molecule has 4 nitrogen and oxygen atoms in total. The Bertz CT molecular complexity index is 581. The molecule has 0 saturated heterocycles. The lowest BCUT2D eigenvalue weighted by Crippen LogP contribution is -2.14. The van der Waals surface area contributed by atoms with Crippen molar-refractivity contribution in [3.05, 3.63) is 52.8 Å². The van der Waals surface area contributed by atoms with Gasteiger partial charge in [-0.05, 0) is 36.8 Å². The van der Waals surface area contributed by atoms with Crippen molar-refractivity contribution in [2.45, 2.75) is 6.92 Å². The van der Waals surface area contributed by atoms with Gasteiger partial charge in [-0.15, -0.1) is 0 Å². The quantitative estimate of drug-likeness (QED) is 0.873. The van der Waals surface area contributed by atoms with Gasteiger partial charge in [0.05, 0.1) is 22.6 Å². The third-order valence-corrected chi connectivity index (χ3v) is 2.70. The first-order valence-corrected chi connectivity index (χ1v) is 5.73. The average molecular weight is 262 g/mol. The number of aryl methyl sites for hydroxylation is 1. The van der Waals surface area contributed by atoms with Crippen LogP contribution in [0.2, 0.25) is 5.02 Å². The molecule has 3 N–H and O–H groups in total. The van der Waals surface area contributed by atoms with Gasteiger partial charge >= 0.3 is 0 Å². The second-order valence-electron chi connectivity index (χ2n) is 3.91. The molecule has 0 unspecified atom stereocenters. The monoisotopic (exact) mass is 261 g/mol. The molecule has 2 aromatic rings. The Morgan fingerprint density at radius 3 is 2.72 bits per heavy atom. The molecule has 1 heterocycles. The van der Waals surface area contributed by atoms with Crippen LogP contribution in [0, 0.1) is 6.92 Å². The highest BCUT2D eigenvalue weighted by atomic mass is 35.5. The highest BCUT2D eigenvalue weighted by Gasteiger charge is 2.09. The summed E-state index contributed by atoms with van der Waals surface area (Å²) in [6.07, 6.45) is 1.44. The first-order valence-electron chi connectivity index (χ1n) is 5.35. The molecule has 0 aliphatic heterocycles. The van der Waals surface area contributed by atoms with Crippen molar-refractivity contribution in [3.8, 4) is 0 Å². The van der Waals surface area contributed by atoms with Crippen molar-refractivity contribution < 1.29 is 4.79 Å². The summed E-state index contributed by atoms with van der Waals surface area (Å²) in [6.45, 7) is 1.93. The van der Waals surface area contributed by atoms with Gasteiger partial charge in [0.1, 0.15) is 5.69 Å². The van der Waals surface area contributed by atoms with Crippen LogP contribution in [-0.2, 0) is 0 Å². The van der Waals surface area contributed by atoms with Gasteiger partial charge in [-0.1, -0.05) is 17.7 Å². The van der Waals surface area contributed by atoms with Crippen molar-refractivity contribution in [2.75, 3.05) is 11.1 Å². The number of pyridine rings is 1. The van der Waals surface area contributed by atoms with E-state index in [1.807, 2.05) is 13.0 Å². The highest BCUT2D eigenvalue weighted by molar-refractivity contribution is 6.34. The Morgan fingerprint density at radius 2 is 2.11 bits per heavy atom. The first-order chi connectivity index (χ1) is 8.56. The van der Waals surface area contributed by atoms with Crippen LogP contribution in [0.5, 0.6) is 0 Å². The van der Waals surface area contributed by atoms with E-state index in [-0.39, 0.29) is 5.91 Å². The van der Waals surface area contributed by atoms with E-state index in [9.17, 15) is 4.79 Å². The number of nitrogens with zero attached hydrogens (tertiary/aromatic N) is 1. The van der Waals surface area contributed by atoms with E-state index < -0.39 is 0 Å². The first kappa shape index (κ1) is 12.4. The maximum Gasteiger partial charge on any atom is 0.274 e. The maximum atomic E-state index is 11.9. The molecule has 0 spiro atoms. The number of nitrogens with one attached hydrogen (secondary N) is 1. The van der Waals surface area contributed by atoms with Crippen LogP contribution in [0.4, 0.5) is 11.4 Å². The second-order valence-corrected chi connectivity index (χ2v) is 4.32. The van der Waals surface area contributed by atoms with Crippen molar-refractivity contribution in [3.63, 3.8) is 0 Å². The summed E-state index contributed by atoms with van der Waals surface area (Å²) in [4.78, 5) is 15.8. The number of carbonyl (C=O) groups excluding carboxylic acids is 1. The van der Waals surface area contributed by atoms with E-state index in [1.54, 1.807) is 24.3 Å². The molecule has 5 heteroatoms. The Labute approximate surface area is 110 Å². The lowest BCUT2D eigenvalue weighted by atomic mass is 10.2. The summed E-state index contributed by atoms with van der Waals surface area (Å²) in [5, 5.41) is 3.20. The van der Waals surface area contributed by atoms with Gasteiger partial charge in [0.25, 0.3) is 5.91 Å². The van der Waals surface area contributed by atoms with Gasteiger partial charge in [0.15, 0.2) is 0 Å². The third kappa shape index (κ3) is 2.78. The molecule has 2 rings (SSSR count). The largest absolute Gasteiger partial charge is 0.397 e. The number of aromatic nitrogens is 1. The minimum Gasteiger partial charge on any atom is -0.397 e. The van der Waals surface area contributed by atoms with E-state index in [0.29, 0.717) is 22.1 Å². The van der Waals surface area contributed by atoms with Crippen molar-refractivity contribution in [1.82, 2.24) is 4.98 Å². The molecule has 18 heavy (non-hydrogen) atoms. The van der Waals surface area contributed by atoms with Gasteiger partial charge in [0, 0.05) is 0 Å². The van der Waals surface area contributed by atoms with Crippen LogP contribution >= 0.6 is 11.6 Å². The summed E-state index contributed by atoms with van der Waals surface area (Å²) in [5.74, 6) is -0.319. The third-order valence-electron chi connectivity index (χ3n) is 2.39. The molecule has 0 fully saturated rings. The van der Waals surface area contributed by atoms with Crippen LogP contribution in [0.15, 0.2) is 36.5 Å². The van der Waals surface area contributed by atoms with Crippen molar-refractivity contribution in [2.24, 2.45) is 0 Å². The Hall–Kier alpha value is -2.07. The number of hydrogen-bond acceptors (Lipinski definition) is 3. The van der Waals surface area contributed by atoms with Crippen LogP contribution in [0.25, 0.3) is 0 Å². The van der Waals surface area contributed by atoms with Crippen LogP contribution in [0.1, 0.15) is 16.1 Å². The van der Waals surface area contributed by atoms with Crippen LogP contribution in [0.3, 0.4) is 0 Å².